The molecule has 2 aromatic rings. The Kier molecular flexibility index (Phi) is 4.62. The summed E-state index contributed by atoms with van der Waals surface area (Å²) in [6.07, 6.45) is 0.303. The van der Waals surface area contributed by atoms with Gasteiger partial charge in [0.15, 0.2) is 0 Å². The van der Waals surface area contributed by atoms with Gasteiger partial charge in [0, 0.05) is 0 Å². The van der Waals surface area contributed by atoms with Gasteiger partial charge in [-0.1, -0.05) is 6.07 Å². The van der Waals surface area contributed by atoms with Gasteiger partial charge in [0.05, 0.1) is 30.1 Å². The number of hydrogen-bond donors (Lipinski definition) is 2. The summed E-state index contributed by atoms with van der Waals surface area (Å²) < 4.78 is 5.61. The summed E-state index contributed by atoms with van der Waals surface area (Å²) in [6, 6.07) is 5.92. The van der Waals surface area contributed by atoms with Crippen molar-refractivity contribution in [2.45, 2.75) is 34.1 Å². The second-order valence-corrected chi connectivity index (χ2v) is 5.20. The predicted molar refractivity (Wildman–Crippen MR) is 82.7 cm³/mol. The molecule has 112 valence electrons. The van der Waals surface area contributed by atoms with Gasteiger partial charge in [0.2, 0.25) is 5.91 Å². The van der Waals surface area contributed by atoms with E-state index in [4.69, 9.17) is 4.74 Å². The highest BCUT2D eigenvalue weighted by molar-refractivity contribution is 5.91. The number of nitrogens with zero attached hydrogens (tertiary/aromatic N) is 1. The lowest BCUT2D eigenvalue weighted by Gasteiger charge is -2.09. The number of benzene rings is 1. The molecule has 0 aliphatic heterocycles. The van der Waals surface area contributed by atoms with Crippen molar-refractivity contribution in [1.82, 2.24) is 10.2 Å². The summed E-state index contributed by atoms with van der Waals surface area (Å²) in [5.41, 5.74) is 4.81. The molecule has 0 aliphatic rings. The van der Waals surface area contributed by atoms with Crippen LogP contribution in [0.1, 0.15) is 28.9 Å². The van der Waals surface area contributed by atoms with E-state index in [-0.39, 0.29) is 5.91 Å². The quantitative estimate of drug-likeness (QED) is 0.888. The van der Waals surface area contributed by atoms with E-state index in [2.05, 4.69) is 22.4 Å². The number of carbonyl (C=O) groups excluding carboxylic acids is 1. The van der Waals surface area contributed by atoms with Gasteiger partial charge in [-0.15, -0.1) is 0 Å². The summed E-state index contributed by atoms with van der Waals surface area (Å²) >= 11 is 0. The van der Waals surface area contributed by atoms with E-state index in [9.17, 15) is 4.79 Å². The summed E-state index contributed by atoms with van der Waals surface area (Å²) in [5, 5.41) is 9.74. The first-order valence-electron chi connectivity index (χ1n) is 6.99. The normalized spacial score (nSPS) is 10.5. The first-order valence-corrected chi connectivity index (χ1v) is 6.99. The molecular weight excluding hydrogens is 266 g/mol. The Labute approximate surface area is 124 Å². The van der Waals surface area contributed by atoms with Gasteiger partial charge in [-0.3, -0.25) is 9.89 Å². The average Bonchev–Trinajstić information content (AvgIpc) is 2.75. The van der Waals surface area contributed by atoms with Gasteiger partial charge < -0.3 is 10.1 Å². The number of hydrogen-bond acceptors (Lipinski definition) is 3. The number of aromatic amines is 1. The zero-order valence-electron chi connectivity index (χ0n) is 12.9. The van der Waals surface area contributed by atoms with Crippen LogP contribution in [0.2, 0.25) is 0 Å². The first-order chi connectivity index (χ1) is 9.97. The fraction of sp³-hybridized carbons (Fsp3) is 0.375. The van der Waals surface area contributed by atoms with Gasteiger partial charge in [-0.2, -0.15) is 5.10 Å². The summed E-state index contributed by atoms with van der Waals surface area (Å²) in [7, 11) is 0. The van der Waals surface area contributed by atoms with Crippen LogP contribution in [-0.2, 0) is 4.79 Å². The molecule has 1 aromatic heterocycles. The predicted octanol–water partition coefficient (Wildman–Crippen LogP) is 3.05. The molecule has 1 amide bonds. The molecule has 0 aliphatic carbocycles. The van der Waals surface area contributed by atoms with E-state index < -0.39 is 0 Å². The molecule has 0 bridgehead atoms. The van der Waals surface area contributed by atoms with Crippen LogP contribution in [0.15, 0.2) is 18.2 Å². The highest BCUT2D eigenvalue weighted by atomic mass is 16.5. The number of H-pyrrole nitrogens is 1. The number of anilines is 1. The number of rotatable bonds is 5. The third kappa shape index (κ3) is 3.84. The molecule has 2 N–H and O–H groups in total. The van der Waals surface area contributed by atoms with Crippen molar-refractivity contribution in [3.63, 3.8) is 0 Å². The number of aryl methyl sites for hydroxylation is 4. The van der Waals surface area contributed by atoms with Crippen LogP contribution in [-0.4, -0.2) is 22.7 Å². The first kappa shape index (κ1) is 15.1. The van der Waals surface area contributed by atoms with Crippen LogP contribution in [0.25, 0.3) is 0 Å². The summed E-state index contributed by atoms with van der Waals surface area (Å²) in [5.74, 6) is 0.716. The molecule has 5 heteroatoms. The lowest BCUT2D eigenvalue weighted by atomic mass is 10.1. The van der Waals surface area contributed by atoms with Gasteiger partial charge in [-0.25, -0.2) is 0 Å². The maximum atomic E-state index is 11.9. The molecule has 2 rings (SSSR count). The third-order valence-electron chi connectivity index (χ3n) is 3.47. The Hall–Kier alpha value is -2.30. The van der Waals surface area contributed by atoms with Crippen LogP contribution in [0.4, 0.5) is 5.69 Å². The molecule has 0 atom stereocenters. The van der Waals surface area contributed by atoms with Crippen molar-refractivity contribution < 1.29 is 9.53 Å². The van der Waals surface area contributed by atoms with Crippen LogP contribution >= 0.6 is 0 Å². The van der Waals surface area contributed by atoms with E-state index in [0.29, 0.717) is 13.0 Å². The van der Waals surface area contributed by atoms with Crippen LogP contribution in [0.5, 0.6) is 5.75 Å². The zero-order chi connectivity index (χ0) is 15.4. The van der Waals surface area contributed by atoms with Crippen LogP contribution < -0.4 is 10.1 Å². The molecule has 0 saturated carbocycles. The van der Waals surface area contributed by atoms with Gasteiger partial charge in [0.25, 0.3) is 0 Å². The Balaban J connectivity index is 1.83. The molecule has 5 nitrogen and oxygen atoms in total. The van der Waals surface area contributed by atoms with Gasteiger partial charge in [-0.05, 0) is 51.0 Å². The van der Waals surface area contributed by atoms with Crippen molar-refractivity contribution in [3.05, 3.63) is 40.7 Å². The van der Waals surface area contributed by atoms with Crippen molar-refractivity contribution in [3.8, 4) is 5.75 Å². The smallest absolute Gasteiger partial charge is 0.227 e. The second kappa shape index (κ2) is 6.43. The lowest BCUT2D eigenvalue weighted by molar-refractivity contribution is -0.116. The SMILES string of the molecule is Cc1ccc(OCCC(=O)Nc2c(C)n[nH]c2C)cc1C. The molecule has 21 heavy (non-hydrogen) atoms. The highest BCUT2D eigenvalue weighted by Gasteiger charge is 2.10. The fourth-order valence-electron chi connectivity index (χ4n) is 2.00. The van der Waals surface area contributed by atoms with Crippen LogP contribution in [0.3, 0.4) is 0 Å². The van der Waals surface area contributed by atoms with Crippen molar-refractivity contribution >= 4 is 11.6 Å². The average molecular weight is 287 g/mol. The standard InChI is InChI=1S/C16H21N3O2/c1-10-5-6-14(9-11(10)2)21-8-7-15(20)17-16-12(3)18-19-13(16)4/h5-6,9H,7-8H2,1-4H3,(H,17,20)(H,18,19). The molecule has 0 radical (unpaired) electrons. The Morgan fingerprint density at radius 3 is 2.62 bits per heavy atom. The summed E-state index contributed by atoms with van der Waals surface area (Å²) in [4.78, 5) is 11.9. The monoisotopic (exact) mass is 287 g/mol. The second-order valence-electron chi connectivity index (χ2n) is 5.20. The molecule has 0 saturated heterocycles. The maximum absolute atomic E-state index is 11.9. The molecule has 1 heterocycles. The summed E-state index contributed by atoms with van der Waals surface area (Å²) in [6.45, 7) is 8.18. The lowest BCUT2D eigenvalue weighted by Crippen LogP contribution is -2.16. The largest absolute Gasteiger partial charge is 0.493 e. The van der Waals surface area contributed by atoms with E-state index in [1.165, 1.54) is 11.1 Å². The number of nitrogens with one attached hydrogen (secondary N) is 2. The maximum Gasteiger partial charge on any atom is 0.227 e. The van der Waals surface area contributed by atoms with E-state index in [0.717, 1.165) is 22.8 Å². The Morgan fingerprint density at radius 1 is 1.24 bits per heavy atom. The fourth-order valence-corrected chi connectivity index (χ4v) is 2.00. The Morgan fingerprint density at radius 2 is 2.00 bits per heavy atom. The minimum Gasteiger partial charge on any atom is -0.493 e. The van der Waals surface area contributed by atoms with Gasteiger partial charge in [0.1, 0.15) is 5.75 Å². The minimum atomic E-state index is -0.0774. The van der Waals surface area contributed by atoms with Crippen molar-refractivity contribution in [2.75, 3.05) is 11.9 Å². The molecule has 0 unspecified atom stereocenters. The molecule has 0 fully saturated rings. The number of amides is 1. The van der Waals surface area contributed by atoms with Crippen molar-refractivity contribution in [1.29, 1.82) is 0 Å². The zero-order valence-corrected chi connectivity index (χ0v) is 12.9. The topological polar surface area (TPSA) is 67.0 Å². The number of aromatic nitrogens is 2. The molecule has 0 spiro atoms. The Bertz CT molecular complexity index is 627. The number of ether oxygens (including phenoxy) is 1. The van der Waals surface area contributed by atoms with Crippen molar-refractivity contribution in [2.24, 2.45) is 0 Å². The van der Waals surface area contributed by atoms with Crippen LogP contribution in [0, 0.1) is 27.7 Å². The van der Waals surface area contributed by atoms with Gasteiger partial charge >= 0.3 is 0 Å². The molecule has 1 aromatic carbocycles. The third-order valence-corrected chi connectivity index (χ3v) is 3.47. The van der Waals surface area contributed by atoms with E-state index in [1.807, 2.05) is 39.0 Å². The van der Waals surface area contributed by atoms with E-state index >= 15 is 0 Å². The molecular formula is C16H21N3O2. The number of carbonyl (C=O) groups is 1. The highest BCUT2D eigenvalue weighted by Crippen LogP contribution is 2.18. The van der Waals surface area contributed by atoms with E-state index in [1.54, 1.807) is 0 Å². The minimum absolute atomic E-state index is 0.0774.